The van der Waals surface area contributed by atoms with Crippen molar-refractivity contribution in [2.24, 2.45) is 0 Å². The van der Waals surface area contributed by atoms with Crippen LogP contribution in [-0.2, 0) is 13.2 Å². The van der Waals surface area contributed by atoms with E-state index in [-0.39, 0.29) is 5.75 Å². The van der Waals surface area contributed by atoms with Gasteiger partial charge in [0.15, 0.2) is 0 Å². The molecule has 0 aliphatic rings. The molecule has 0 amide bonds. The molecule has 0 aliphatic carbocycles. The van der Waals surface area contributed by atoms with Gasteiger partial charge in [-0.1, -0.05) is 44.2 Å². The van der Waals surface area contributed by atoms with Gasteiger partial charge in [-0.2, -0.15) is 0 Å². The largest absolute Gasteiger partial charge is 0.508 e. The summed E-state index contributed by atoms with van der Waals surface area (Å²) in [5, 5.41) is 12.9. The van der Waals surface area contributed by atoms with Crippen LogP contribution < -0.4 is 10.1 Å². The van der Waals surface area contributed by atoms with Crippen molar-refractivity contribution in [1.82, 2.24) is 5.32 Å². The van der Waals surface area contributed by atoms with Gasteiger partial charge in [-0.15, -0.1) is 0 Å². The highest BCUT2D eigenvalue weighted by atomic mass is 16.5. The first-order chi connectivity index (χ1) is 10.1. The van der Waals surface area contributed by atoms with E-state index in [0.29, 0.717) is 12.6 Å². The van der Waals surface area contributed by atoms with Gasteiger partial charge in [0, 0.05) is 18.2 Å². The Kier molecular flexibility index (Phi) is 5.23. The maximum absolute atomic E-state index is 9.50. The fraction of sp³-hybridized carbons (Fsp3) is 0.333. The van der Waals surface area contributed by atoms with Crippen LogP contribution in [0, 0.1) is 6.92 Å². The van der Waals surface area contributed by atoms with E-state index in [9.17, 15) is 5.11 Å². The summed E-state index contributed by atoms with van der Waals surface area (Å²) in [5.74, 6) is 1.19. The van der Waals surface area contributed by atoms with Crippen molar-refractivity contribution in [3.8, 4) is 11.5 Å². The molecular formula is C18H23NO2. The average molecular weight is 285 g/mol. The third-order valence-corrected chi connectivity index (χ3v) is 3.29. The second kappa shape index (κ2) is 7.14. The van der Waals surface area contributed by atoms with Crippen LogP contribution in [0.5, 0.6) is 11.5 Å². The Hall–Kier alpha value is -2.00. The highest BCUT2D eigenvalue weighted by molar-refractivity contribution is 5.41. The normalized spacial score (nSPS) is 10.9. The van der Waals surface area contributed by atoms with E-state index in [1.807, 2.05) is 18.2 Å². The van der Waals surface area contributed by atoms with E-state index in [1.165, 1.54) is 0 Å². The smallest absolute Gasteiger partial charge is 0.127 e. The predicted molar refractivity (Wildman–Crippen MR) is 85.6 cm³/mol. The topological polar surface area (TPSA) is 41.5 Å². The van der Waals surface area contributed by atoms with Crippen molar-refractivity contribution in [3.63, 3.8) is 0 Å². The highest BCUT2D eigenvalue weighted by Gasteiger charge is 2.08. The Labute approximate surface area is 126 Å². The minimum Gasteiger partial charge on any atom is -0.508 e. The molecule has 0 spiro atoms. The molecule has 0 unspecified atom stereocenters. The van der Waals surface area contributed by atoms with Crippen LogP contribution in [-0.4, -0.2) is 11.1 Å². The fourth-order valence-electron chi connectivity index (χ4n) is 2.17. The molecule has 2 rings (SSSR count). The summed E-state index contributed by atoms with van der Waals surface area (Å²) in [7, 11) is 0. The number of hydrogen-bond donors (Lipinski definition) is 2. The standard InChI is InChI=1S/C18H23NO2/c1-13(2)19-11-16-8-4-6-14(3)18(16)21-12-15-7-5-9-17(20)10-15/h4-10,13,19-20H,11-12H2,1-3H3. The number of hydrogen-bond acceptors (Lipinski definition) is 3. The highest BCUT2D eigenvalue weighted by Crippen LogP contribution is 2.25. The van der Waals surface area contributed by atoms with Gasteiger partial charge in [-0.3, -0.25) is 0 Å². The second-order valence-electron chi connectivity index (χ2n) is 5.56. The maximum Gasteiger partial charge on any atom is 0.127 e. The number of benzene rings is 2. The van der Waals surface area contributed by atoms with E-state index in [0.717, 1.165) is 29.0 Å². The quantitative estimate of drug-likeness (QED) is 0.848. The van der Waals surface area contributed by atoms with Gasteiger partial charge in [0.1, 0.15) is 18.1 Å². The first kappa shape index (κ1) is 15.4. The van der Waals surface area contributed by atoms with Crippen LogP contribution in [0.15, 0.2) is 42.5 Å². The van der Waals surface area contributed by atoms with Crippen molar-refractivity contribution in [3.05, 3.63) is 59.2 Å². The van der Waals surface area contributed by atoms with Crippen LogP contribution in [0.4, 0.5) is 0 Å². The Balaban J connectivity index is 2.11. The molecular weight excluding hydrogens is 262 g/mol. The van der Waals surface area contributed by atoms with Crippen LogP contribution in [0.3, 0.4) is 0 Å². The third kappa shape index (κ3) is 4.50. The zero-order valence-corrected chi connectivity index (χ0v) is 12.9. The van der Waals surface area contributed by atoms with Crippen LogP contribution in [0.25, 0.3) is 0 Å². The van der Waals surface area contributed by atoms with Gasteiger partial charge in [-0.25, -0.2) is 0 Å². The fourth-order valence-corrected chi connectivity index (χ4v) is 2.17. The lowest BCUT2D eigenvalue weighted by molar-refractivity contribution is 0.299. The molecule has 0 aromatic heterocycles. The molecule has 3 nitrogen and oxygen atoms in total. The third-order valence-electron chi connectivity index (χ3n) is 3.29. The Morgan fingerprint density at radius 2 is 1.90 bits per heavy atom. The number of phenolic OH excluding ortho intramolecular Hbond substituents is 1. The molecule has 2 aromatic rings. The molecule has 0 atom stereocenters. The van der Waals surface area contributed by atoms with Crippen molar-refractivity contribution in [2.75, 3.05) is 0 Å². The number of aryl methyl sites for hydroxylation is 1. The zero-order chi connectivity index (χ0) is 15.2. The molecule has 0 heterocycles. The minimum atomic E-state index is 0.266. The molecule has 0 saturated carbocycles. The van der Waals surface area contributed by atoms with E-state index in [2.05, 4.69) is 38.2 Å². The lowest BCUT2D eigenvalue weighted by Crippen LogP contribution is -2.22. The van der Waals surface area contributed by atoms with Crippen molar-refractivity contribution < 1.29 is 9.84 Å². The number of phenols is 1. The number of ether oxygens (including phenoxy) is 1. The predicted octanol–water partition coefficient (Wildman–Crippen LogP) is 3.78. The molecule has 21 heavy (non-hydrogen) atoms. The van der Waals surface area contributed by atoms with Gasteiger partial charge >= 0.3 is 0 Å². The lowest BCUT2D eigenvalue weighted by Gasteiger charge is -2.16. The minimum absolute atomic E-state index is 0.266. The van der Waals surface area contributed by atoms with Gasteiger partial charge in [-0.05, 0) is 30.2 Å². The van der Waals surface area contributed by atoms with Crippen LogP contribution >= 0.6 is 0 Å². The molecule has 0 saturated heterocycles. The number of nitrogens with one attached hydrogen (secondary N) is 1. The number of rotatable bonds is 6. The van der Waals surface area contributed by atoms with E-state index in [1.54, 1.807) is 12.1 Å². The molecule has 0 fully saturated rings. The summed E-state index contributed by atoms with van der Waals surface area (Å²) in [6.07, 6.45) is 0. The number of aromatic hydroxyl groups is 1. The van der Waals surface area contributed by atoms with Crippen molar-refractivity contribution in [1.29, 1.82) is 0 Å². The maximum atomic E-state index is 9.50. The zero-order valence-electron chi connectivity index (χ0n) is 12.9. The lowest BCUT2D eigenvalue weighted by atomic mass is 10.1. The van der Waals surface area contributed by atoms with E-state index < -0.39 is 0 Å². The van der Waals surface area contributed by atoms with Gasteiger partial charge < -0.3 is 15.2 Å². The molecule has 3 heteroatoms. The Morgan fingerprint density at radius 3 is 2.62 bits per heavy atom. The molecule has 2 N–H and O–H groups in total. The number of para-hydroxylation sites is 1. The SMILES string of the molecule is Cc1cccc(CNC(C)C)c1OCc1cccc(O)c1. The first-order valence-corrected chi connectivity index (χ1v) is 7.29. The Morgan fingerprint density at radius 1 is 1.14 bits per heavy atom. The first-order valence-electron chi connectivity index (χ1n) is 7.29. The van der Waals surface area contributed by atoms with Crippen LogP contribution in [0.2, 0.25) is 0 Å². The molecule has 112 valence electrons. The van der Waals surface area contributed by atoms with E-state index >= 15 is 0 Å². The van der Waals surface area contributed by atoms with Gasteiger partial charge in [0.05, 0.1) is 0 Å². The van der Waals surface area contributed by atoms with Crippen LogP contribution in [0.1, 0.15) is 30.5 Å². The molecule has 0 radical (unpaired) electrons. The average Bonchev–Trinajstić information content (AvgIpc) is 2.44. The second-order valence-corrected chi connectivity index (χ2v) is 5.56. The van der Waals surface area contributed by atoms with Gasteiger partial charge in [0.25, 0.3) is 0 Å². The summed E-state index contributed by atoms with van der Waals surface area (Å²) in [6, 6.07) is 13.8. The Bertz CT molecular complexity index is 594. The molecule has 2 aromatic carbocycles. The monoisotopic (exact) mass is 285 g/mol. The molecule has 0 aliphatic heterocycles. The van der Waals surface area contributed by atoms with Crippen molar-refractivity contribution in [2.45, 2.75) is 40.0 Å². The summed E-state index contributed by atoms with van der Waals surface area (Å²) >= 11 is 0. The summed E-state index contributed by atoms with van der Waals surface area (Å²) in [5.41, 5.74) is 3.24. The summed E-state index contributed by atoms with van der Waals surface area (Å²) < 4.78 is 5.99. The van der Waals surface area contributed by atoms with Gasteiger partial charge in [0.2, 0.25) is 0 Å². The molecule has 0 bridgehead atoms. The van der Waals surface area contributed by atoms with E-state index in [4.69, 9.17) is 4.74 Å². The van der Waals surface area contributed by atoms with Crippen molar-refractivity contribution >= 4 is 0 Å². The summed E-state index contributed by atoms with van der Waals surface area (Å²) in [4.78, 5) is 0. The summed E-state index contributed by atoms with van der Waals surface area (Å²) in [6.45, 7) is 7.55.